The standard InChI is InChI=1S/C13H11ClO4/c1-8-2-3-11(10(14)6-8)18-7-9-4-5-17-12(9)13(15)16/h2-6H,7H2,1H3,(H,15,16). The van der Waals surface area contributed by atoms with E-state index in [1.54, 1.807) is 18.2 Å². The molecule has 1 aromatic heterocycles. The zero-order valence-electron chi connectivity index (χ0n) is 9.64. The topological polar surface area (TPSA) is 59.7 Å². The highest BCUT2D eigenvalue weighted by Gasteiger charge is 2.14. The Hall–Kier alpha value is -1.94. The number of halogens is 1. The van der Waals surface area contributed by atoms with E-state index in [2.05, 4.69) is 0 Å². The second-order valence-corrected chi connectivity index (χ2v) is 4.21. The summed E-state index contributed by atoms with van der Waals surface area (Å²) in [4.78, 5) is 10.8. The van der Waals surface area contributed by atoms with E-state index in [0.29, 0.717) is 16.3 Å². The van der Waals surface area contributed by atoms with Crippen LogP contribution in [0.1, 0.15) is 21.7 Å². The average molecular weight is 267 g/mol. The van der Waals surface area contributed by atoms with Crippen molar-refractivity contribution >= 4 is 17.6 Å². The van der Waals surface area contributed by atoms with E-state index in [0.717, 1.165) is 5.56 Å². The average Bonchev–Trinajstić information content (AvgIpc) is 2.76. The van der Waals surface area contributed by atoms with Crippen molar-refractivity contribution in [1.29, 1.82) is 0 Å². The molecule has 0 aliphatic carbocycles. The van der Waals surface area contributed by atoms with Gasteiger partial charge in [0.1, 0.15) is 12.4 Å². The number of carboxylic acid groups (broad SMARTS) is 1. The Bertz CT molecular complexity index is 574. The van der Waals surface area contributed by atoms with Gasteiger partial charge in [-0.2, -0.15) is 0 Å². The molecular weight excluding hydrogens is 256 g/mol. The summed E-state index contributed by atoms with van der Waals surface area (Å²) in [5.74, 6) is -0.716. The molecule has 4 nitrogen and oxygen atoms in total. The van der Waals surface area contributed by atoms with Gasteiger partial charge in [-0.3, -0.25) is 0 Å². The van der Waals surface area contributed by atoms with E-state index >= 15 is 0 Å². The summed E-state index contributed by atoms with van der Waals surface area (Å²) in [6.07, 6.45) is 1.32. The molecule has 2 rings (SSSR count). The number of hydrogen-bond donors (Lipinski definition) is 1. The van der Waals surface area contributed by atoms with Crippen molar-refractivity contribution in [2.75, 3.05) is 0 Å². The van der Waals surface area contributed by atoms with Crippen LogP contribution in [0.2, 0.25) is 5.02 Å². The maximum Gasteiger partial charge on any atom is 0.372 e. The van der Waals surface area contributed by atoms with E-state index in [4.69, 9.17) is 25.9 Å². The summed E-state index contributed by atoms with van der Waals surface area (Å²) in [6.45, 7) is 2.02. The molecule has 5 heteroatoms. The second kappa shape index (κ2) is 5.14. The van der Waals surface area contributed by atoms with E-state index < -0.39 is 5.97 Å². The number of carboxylic acids is 1. The van der Waals surface area contributed by atoms with E-state index in [9.17, 15) is 4.79 Å². The summed E-state index contributed by atoms with van der Waals surface area (Å²) >= 11 is 6.01. The summed E-state index contributed by atoms with van der Waals surface area (Å²) in [6, 6.07) is 6.96. The monoisotopic (exact) mass is 266 g/mol. The van der Waals surface area contributed by atoms with E-state index in [-0.39, 0.29) is 12.4 Å². The van der Waals surface area contributed by atoms with E-state index in [1.807, 2.05) is 13.0 Å². The van der Waals surface area contributed by atoms with Crippen LogP contribution in [0.3, 0.4) is 0 Å². The van der Waals surface area contributed by atoms with Crippen LogP contribution in [0.4, 0.5) is 0 Å². The third kappa shape index (κ3) is 2.65. The molecule has 0 saturated carbocycles. The van der Waals surface area contributed by atoms with Crippen LogP contribution in [0, 0.1) is 6.92 Å². The van der Waals surface area contributed by atoms with Gasteiger partial charge in [0.2, 0.25) is 5.76 Å². The Balaban J connectivity index is 2.11. The molecule has 1 heterocycles. The minimum atomic E-state index is -1.12. The van der Waals surface area contributed by atoms with Gasteiger partial charge >= 0.3 is 5.97 Å². The highest BCUT2D eigenvalue weighted by Crippen LogP contribution is 2.26. The first-order valence-corrected chi connectivity index (χ1v) is 5.64. The molecule has 18 heavy (non-hydrogen) atoms. The highest BCUT2D eigenvalue weighted by atomic mass is 35.5. The molecule has 0 aliphatic rings. The SMILES string of the molecule is Cc1ccc(OCc2ccoc2C(=O)O)c(Cl)c1. The first-order valence-electron chi connectivity index (χ1n) is 5.26. The van der Waals surface area contributed by atoms with Gasteiger partial charge in [-0.05, 0) is 30.7 Å². The van der Waals surface area contributed by atoms with Gasteiger partial charge in [-0.25, -0.2) is 4.79 Å². The molecule has 1 aromatic carbocycles. The van der Waals surface area contributed by atoms with Gasteiger partial charge in [0.25, 0.3) is 0 Å². The van der Waals surface area contributed by atoms with Crippen LogP contribution in [-0.2, 0) is 6.61 Å². The molecule has 0 spiro atoms. The lowest BCUT2D eigenvalue weighted by molar-refractivity contribution is 0.0658. The highest BCUT2D eigenvalue weighted by molar-refractivity contribution is 6.32. The van der Waals surface area contributed by atoms with Crippen molar-refractivity contribution in [2.45, 2.75) is 13.5 Å². The fourth-order valence-corrected chi connectivity index (χ4v) is 1.81. The van der Waals surface area contributed by atoms with Crippen LogP contribution < -0.4 is 4.74 Å². The van der Waals surface area contributed by atoms with Gasteiger partial charge < -0.3 is 14.3 Å². The van der Waals surface area contributed by atoms with Gasteiger partial charge in [0.05, 0.1) is 11.3 Å². The van der Waals surface area contributed by atoms with Gasteiger partial charge in [0, 0.05) is 5.56 Å². The lowest BCUT2D eigenvalue weighted by Crippen LogP contribution is -2.02. The molecule has 0 aliphatic heterocycles. The Kier molecular flexibility index (Phi) is 3.58. The maximum absolute atomic E-state index is 10.8. The third-order valence-corrected chi connectivity index (χ3v) is 2.71. The van der Waals surface area contributed by atoms with Crippen molar-refractivity contribution < 1.29 is 19.1 Å². The molecule has 0 unspecified atom stereocenters. The Morgan fingerprint density at radius 1 is 1.44 bits per heavy atom. The van der Waals surface area contributed by atoms with Crippen LogP contribution in [0.15, 0.2) is 34.9 Å². The minimum Gasteiger partial charge on any atom is -0.487 e. The summed E-state index contributed by atoms with van der Waals surface area (Å²) in [7, 11) is 0. The number of benzene rings is 1. The number of furan rings is 1. The fourth-order valence-electron chi connectivity index (χ4n) is 1.52. The second-order valence-electron chi connectivity index (χ2n) is 3.80. The van der Waals surface area contributed by atoms with Crippen molar-refractivity contribution in [3.63, 3.8) is 0 Å². The number of ether oxygens (including phenoxy) is 1. The van der Waals surface area contributed by atoms with Crippen molar-refractivity contribution in [3.8, 4) is 5.75 Å². The first kappa shape index (κ1) is 12.5. The Labute approximate surface area is 109 Å². The first-order chi connectivity index (χ1) is 8.58. The fraction of sp³-hybridized carbons (Fsp3) is 0.154. The molecule has 0 fully saturated rings. The predicted molar refractivity (Wildman–Crippen MR) is 66.2 cm³/mol. The van der Waals surface area contributed by atoms with Crippen LogP contribution >= 0.6 is 11.6 Å². The number of aromatic carboxylic acids is 1. The largest absolute Gasteiger partial charge is 0.487 e. The number of aryl methyl sites for hydroxylation is 1. The molecule has 94 valence electrons. The molecule has 1 N–H and O–H groups in total. The number of carbonyl (C=O) groups is 1. The normalized spacial score (nSPS) is 10.3. The number of rotatable bonds is 4. The third-order valence-electron chi connectivity index (χ3n) is 2.41. The smallest absolute Gasteiger partial charge is 0.372 e. The molecule has 0 radical (unpaired) electrons. The van der Waals surface area contributed by atoms with Crippen LogP contribution in [0.25, 0.3) is 0 Å². The Morgan fingerprint density at radius 3 is 2.89 bits per heavy atom. The lowest BCUT2D eigenvalue weighted by atomic mass is 10.2. The minimum absolute atomic E-state index is 0.0981. The maximum atomic E-state index is 10.8. The summed E-state index contributed by atoms with van der Waals surface area (Å²) in [5.41, 5.74) is 1.50. The van der Waals surface area contributed by atoms with Gasteiger partial charge in [-0.1, -0.05) is 17.7 Å². The van der Waals surface area contributed by atoms with Crippen LogP contribution in [0.5, 0.6) is 5.75 Å². The molecular formula is C13H11ClO4. The van der Waals surface area contributed by atoms with Crippen molar-refractivity contribution in [1.82, 2.24) is 0 Å². The molecule has 0 atom stereocenters. The zero-order chi connectivity index (χ0) is 13.1. The number of hydrogen-bond acceptors (Lipinski definition) is 3. The molecule has 0 amide bonds. The summed E-state index contributed by atoms with van der Waals surface area (Å²) < 4.78 is 10.3. The van der Waals surface area contributed by atoms with E-state index in [1.165, 1.54) is 6.26 Å². The molecule has 0 saturated heterocycles. The van der Waals surface area contributed by atoms with Gasteiger partial charge in [-0.15, -0.1) is 0 Å². The van der Waals surface area contributed by atoms with Crippen molar-refractivity contribution in [3.05, 3.63) is 52.4 Å². The molecule has 0 bridgehead atoms. The quantitative estimate of drug-likeness (QED) is 0.920. The van der Waals surface area contributed by atoms with Crippen LogP contribution in [-0.4, -0.2) is 11.1 Å². The zero-order valence-corrected chi connectivity index (χ0v) is 10.4. The van der Waals surface area contributed by atoms with Gasteiger partial charge in [0.15, 0.2) is 0 Å². The predicted octanol–water partition coefficient (Wildman–Crippen LogP) is 3.52. The Morgan fingerprint density at radius 2 is 2.22 bits per heavy atom. The summed E-state index contributed by atoms with van der Waals surface area (Å²) in [5, 5.41) is 9.36. The lowest BCUT2D eigenvalue weighted by Gasteiger charge is -2.07. The van der Waals surface area contributed by atoms with Crippen molar-refractivity contribution in [2.24, 2.45) is 0 Å². The molecule has 2 aromatic rings.